The number of carbonyl (C=O) groups excluding carboxylic acids is 1. The van der Waals surface area contributed by atoms with E-state index in [2.05, 4.69) is 15.3 Å². The van der Waals surface area contributed by atoms with Gasteiger partial charge in [-0.05, 0) is 43.4 Å². The predicted octanol–water partition coefficient (Wildman–Crippen LogP) is 4.22. The number of thioether (sulfide) groups is 1. The first-order valence-corrected chi connectivity index (χ1v) is 9.76. The van der Waals surface area contributed by atoms with Crippen molar-refractivity contribution in [3.8, 4) is 0 Å². The second kappa shape index (κ2) is 6.53. The molecule has 0 bridgehead atoms. The summed E-state index contributed by atoms with van der Waals surface area (Å²) >= 11 is 3.27. The lowest BCUT2D eigenvalue weighted by Crippen LogP contribution is -2.14. The molecule has 1 amide bonds. The Labute approximate surface area is 148 Å². The Hall–Kier alpha value is -1.92. The SMILES string of the molecule is Cc1ccccc1NC(=O)CSc1ncnc2sc3c(c12)CCC3. The summed E-state index contributed by atoms with van der Waals surface area (Å²) in [6.45, 7) is 1.99. The van der Waals surface area contributed by atoms with Crippen molar-refractivity contribution in [3.05, 3.63) is 46.6 Å². The van der Waals surface area contributed by atoms with E-state index < -0.39 is 0 Å². The van der Waals surface area contributed by atoms with E-state index in [1.54, 1.807) is 17.7 Å². The number of benzene rings is 1. The average Bonchev–Trinajstić information content (AvgIpc) is 3.16. The number of carbonyl (C=O) groups is 1. The van der Waals surface area contributed by atoms with Gasteiger partial charge in [0.2, 0.25) is 5.91 Å². The number of amides is 1. The topological polar surface area (TPSA) is 54.9 Å². The molecule has 0 saturated carbocycles. The average molecular weight is 355 g/mol. The number of thiophene rings is 1. The minimum Gasteiger partial charge on any atom is -0.325 e. The van der Waals surface area contributed by atoms with Crippen LogP contribution >= 0.6 is 23.1 Å². The largest absolute Gasteiger partial charge is 0.325 e. The van der Waals surface area contributed by atoms with Crippen LogP contribution in [0, 0.1) is 6.92 Å². The van der Waals surface area contributed by atoms with Gasteiger partial charge >= 0.3 is 0 Å². The molecule has 122 valence electrons. The van der Waals surface area contributed by atoms with Crippen LogP contribution in [0.2, 0.25) is 0 Å². The number of aryl methyl sites for hydroxylation is 3. The van der Waals surface area contributed by atoms with Crippen LogP contribution in [0.5, 0.6) is 0 Å². The van der Waals surface area contributed by atoms with Crippen molar-refractivity contribution in [2.45, 2.75) is 31.2 Å². The molecule has 1 aliphatic carbocycles. The minimum atomic E-state index is -0.00654. The van der Waals surface area contributed by atoms with Crippen molar-refractivity contribution >= 4 is 44.9 Å². The highest BCUT2D eigenvalue weighted by molar-refractivity contribution is 8.00. The fraction of sp³-hybridized carbons (Fsp3) is 0.278. The van der Waals surface area contributed by atoms with Crippen LogP contribution in [0.15, 0.2) is 35.6 Å². The van der Waals surface area contributed by atoms with E-state index in [1.165, 1.54) is 34.0 Å². The number of aromatic nitrogens is 2. The van der Waals surface area contributed by atoms with Crippen LogP contribution in [-0.4, -0.2) is 21.6 Å². The van der Waals surface area contributed by atoms with Crippen LogP contribution < -0.4 is 5.32 Å². The number of rotatable bonds is 4. The lowest BCUT2D eigenvalue weighted by molar-refractivity contribution is -0.113. The first-order chi connectivity index (χ1) is 11.7. The molecule has 1 N–H and O–H groups in total. The van der Waals surface area contributed by atoms with Gasteiger partial charge in [-0.15, -0.1) is 11.3 Å². The van der Waals surface area contributed by atoms with Crippen molar-refractivity contribution in [3.63, 3.8) is 0 Å². The molecule has 24 heavy (non-hydrogen) atoms. The van der Waals surface area contributed by atoms with Crippen LogP contribution in [0.4, 0.5) is 5.69 Å². The Kier molecular flexibility index (Phi) is 4.24. The molecular weight excluding hydrogens is 338 g/mol. The summed E-state index contributed by atoms with van der Waals surface area (Å²) < 4.78 is 0. The van der Waals surface area contributed by atoms with Gasteiger partial charge in [-0.25, -0.2) is 9.97 Å². The molecule has 0 fully saturated rings. The fourth-order valence-electron chi connectivity index (χ4n) is 3.04. The van der Waals surface area contributed by atoms with Gasteiger partial charge in [-0.1, -0.05) is 30.0 Å². The first kappa shape index (κ1) is 15.6. The van der Waals surface area contributed by atoms with E-state index >= 15 is 0 Å². The zero-order chi connectivity index (χ0) is 16.5. The van der Waals surface area contributed by atoms with Crippen molar-refractivity contribution in [1.82, 2.24) is 9.97 Å². The van der Waals surface area contributed by atoms with Crippen LogP contribution in [0.3, 0.4) is 0 Å². The Morgan fingerprint density at radius 2 is 2.17 bits per heavy atom. The van der Waals surface area contributed by atoms with Crippen molar-refractivity contribution in [2.75, 3.05) is 11.1 Å². The first-order valence-electron chi connectivity index (χ1n) is 7.96. The van der Waals surface area contributed by atoms with Crippen molar-refractivity contribution in [1.29, 1.82) is 0 Å². The summed E-state index contributed by atoms with van der Waals surface area (Å²) in [7, 11) is 0. The van der Waals surface area contributed by atoms with Gasteiger partial charge in [0, 0.05) is 16.0 Å². The zero-order valence-electron chi connectivity index (χ0n) is 13.3. The van der Waals surface area contributed by atoms with Crippen molar-refractivity contribution in [2.24, 2.45) is 0 Å². The van der Waals surface area contributed by atoms with Gasteiger partial charge in [0.1, 0.15) is 16.2 Å². The number of nitrogens with zero attached hydrogens (tertiary/aromatic N) is 2. The van der Waals surface area contributed by atoms with E-state index in [0.29, 0.717) is 5.75 Å². The smallest absolute Gasteiger partial charge is 0.234 e. The summed E-state index contributed by atoms with van der Waals surface area (Å²) in [4.78, 5) is 23.6. The maximum atomic E-state index is 12.3. The summed E-state index contributed by atoms with van der Waals surface area (Å²) in [5, 5.41) is 5.07. The highest BCUT2D eigenvalue weighted by Gasteiger charge is 2.21. The maximum absolute atomic E-state index is 12.3. The zero-order valence-corrected chi connectivity index (χ0v) is 15.0. The van der Waals surface area contributed by atoms with Gasteiger partial charge in [0.05, 0.1) is 5.75 Å². The van der Waals surface area contributed by atoms with Gasteiger partial charge in [0.25, 0.3) is 0 Å². The molecule has 0 aliphatic heterocycles. The van der Waals surface area contributed by atoms with Gasteiger partial charge < -0.3 is 5.32 Å². The summed E-state index contributed by atoms with van der Waals surface area (Å²) in [6.07, 6.45) is 5.07. The normalized spacial score (nSPS) is 13.2. The summed E-state index contributed by atoms with van der Waals surface area (Å²) in [6, 6.07) is 7.81. The van der Waals surface area contributed by atoms with E-state index in [1.807, 2.05) is 31.2 Å². The fourth-order valence-corrected chi connectivity index (χ4v) is 5.16. The van der Waals surface area contributed by atoms with E-state index in [4.69, 9.17) is 0 Å². The third-order valence-electron chi connectivity index (χ3n) is 4.23. The molecule has 3 aromatic rings. The molecule has 0 radical (unpaired) electrons. The summed E-state index contributed by atoms with van der Waals surface area (Å²) in [5.74, 6) is 0.346. The predicted molar refractivity (Wildman–Crippen MR) is 100.0 cm³/mol. The third kappa shape index (κ3) is 2.91. The monoisotopic (exact) mass is 355 g/mol. The van der Waals surface area contributed by atoms with Crippen LogP contribution in [-0.2, 0) is 17.6 Å². The molecule has 1 aromatic carbocycles. The lowest BCUT2D eigenvalue weighted by atomic mass is 10.2. The Morgan fingerprint density at radius 1 is 1.29 bits per heavy atom. The van der Waals surface area contributed by atoms with Crippen molar-refractivity contribution < 1.29 is 4.79 Å². The maximum Gasteiger partial charge on any atom is 0.234 e. The molecule has 6 heteroatoms. The highest BCUT2D eigenvalue weighted by atomic mass is 32.2. The lowest BCUT2D eigenvalue weighted by Gasteiger charge is -2.08. The molecule has 0 atom stereocenters. The van der Waals surface area contributed by atoms with E-state index in [0.717, 1.165) is 33.9 Å². The van der Waals surface area contributed by atoms with Crippen LogP contribution in [0.1, 0.15) is 22.4 Å². The molecule has 1 aliphatic rings. The minimum absolute atomic E-state index is 0.00654. The number of para-hydroxylation sites is 1. The van der Waals surface area contributed by atoms with Crippen LogP contribution in [0.25, 0.3) is 10.2 Å². The molecule has 4 nitrogen and oxygen atoms in total. The van der Waals surface area contributed by atoms with Gasteiger partial charge in [0.15, 0.2) is 0 Å². The molecule has 4 rings (SSSR count). The second-order valence-corrected chi connectivity index (χ2v) is 7.92. The van der Waals surface area contributed by atoms with Gasteiger partial charge in [-0.3, -0.25) is 4.79 Å². The number of nitrogens with one attached hydrogen (secondary N) is 1. The molecule has 0 spiro atoms. The summed E-state index contributed by atoms with van der Waals surface area (Å²) in [5.41, 5.74) is 3.33. The molecular formula is C18H17N3OS2. The molecule has 0 saturated heterocycles. The molecule has 2 heterocycles. The number of hydrogen-bond acceptors (Lipinski definition) is 5. The number of hydrogen-bond donors (Lipinski definition) is 1. The highest BCUT2D eigenvalue weighted by Crippen LogP contribution is 2.39. The number of anilines is 1. The number of fused-ring (bicyclic) bond motifs is 3. The quantitative estimate of drug-likeness (QED) is 0.562. The van der Waals surface area contributed by atoms with E-state index in [9.17, 15) is 4.79 Å². The van der Waals surface area contributed by atoms with Gasteiger partial charge in [-0.2, -0.15) is 0 Å². The Morgan fingerprint density at radius 3 is 3.04 bits per heavy atom. The molecule has 0 unspecified atom stereocenters. The standard InChI is InChI=1S/C18H17N3OS2/c1-11-5-2-3-7-13(11)21-15(22)9-23-17-16-12-6-4-8-14(12)24-18(16)20-10-19-17/h2-3,5,7,10H,4,6,8-9H2,1H3,(H,21,22). The second-order valence-electron chi connectivity index (χ2n) is 5.87. The Balaban J connectivity index is 1.51. The third-order valence-corrected chi connectivity index (χ3v) is 6.42. The molecule has 2 aromatic heterocycles. The van der Waals surface area contributed by atoms with E-state index in [-0.39, 0.29) is 5.91 Å². The Bertz CT molecular complexity index is 920.